The minimum atomic E-state index is -0.154. The zero-order valence-corrected chi connectivity index (χ0v) is 12.6. The molecule has 3 N–H and O–H groups in total. The van der Waals surface area contributed by atoms with Gasteiger partial charge in [0.25, 0.3) is 5.91 Å². The number of likely N-dealkylation sites (N-methyl/N-ethyl adjacent to an activating group) is 1. The van der Waals surface area contributed by atoms with Crippen molar-refractivity contribution >= 4 is 28.9 Å². The lowest BCUT2D eigenvalue weighted by Gasteiger charge is -2.19. The van der Waals surface area contributed by atoms with E-state index in [2.05, 4.69) is 10.2 Å². The fourth-order valence-electron chi connectivity index (χ4n) is 1.92. The van der Waals surface area contributed by atoms with Crippen molar-refractivity contribution in [3.63, 3.8) is 0 Å². The molecular weight excluding hydrogens is 286 g/mol. The molecule has 0 radical (unpaired) electrons. The number of halogens is 1. The Bertz CT molecular complexity index is 616. The third-order valence-corrected chi connectivity index (χ3v) is 3.52. The number of nitrogen functional groups attached to an aromatic ring is 1. The Balaban J connectivity index is 1.85. The van der Waals surface area contributed by atoms with E-state index in [0.717, 1.165) is 12.2 Å². The summed E-state index contributed by atoms with van der Waals surface area (Å²) < 4.78 is 0. The number of nitrogens with zero attached hydrogens (tertiary/aromatic N) is 1. The highest BCUT2D eigenvalue weighted by Gasteiger charge is 2.07. The van der Waals surface area contributed by atoms with Crippen molar-refractivity contribution in [3.05, 3.63) is 59.1 Å². The average Bonchev–Trinajstić information content (AvgIpc) is 2.50. The van der Waals surface area contributed by atoms with Gasteiger partial charge in [-0.1, -0.05) is 29.8 Å². The highest BCUT2D eigenvalue weighted by Crippen LogP contribution is 2.19. The SMILES string of the molecule is CN(CCNC(=O)c1ccc(N)c(Cl)c1)c1ccccc1. The minimum Gasteiger partial charge on any atom is -0.398 e. The van der Waals surface area contributed by atoms with Crippen LogP contribution in [0.2, 0.25) is 5.02 Å². The number of para-hydroxylation sites is 1. The largest absolute Gasteiger partial charge is 0.398 e. The summed E-state index contributed by atoms with van der Waals surface area (Å²) in [6.45, 7) is 1.27. The summed E-state index contributed by atoms with van der Waals surface area (Å²) >= 11 is 5.91. The lowest BCUT2D eigenvalue weighted by Crippen LogP contribution is -2.32. The Morgan fingerprint density at radius 3 is 2.62 bits per heavy atom. The average molecular weight is 304 g/mol. The lowest BCUT2D eigenvalue weighted by atomic mass is 10.2. The van der Waals surface area contributed by atoms with Gasteiger partial charge in [-0.3, -0.25) is 4.79 Å². The zero-order chi connectivity index (χ0) is 15.2. The van der Waals surface area contributed by atoms with Crippen molar-refractivity contribution in [2.24, 2.45) is 0 Å². The van der Waals surface area contributed by atoms with Crippen LogP contribution in [0.1, 0.15) is 10.4 Å². The van der Waals surface area contributed by atoms with Crippen LogP contribution in [0.3, 0.4) is 0 Å². The number of nitrogens with two attached hydrogens (primary N) is 1. The van der Waals surface area contributed by atoms with E-state index >= 15 is 0 Å². The second-order valence-electron chi connectivity index (χ2n) is 4.75. The van der Waals surface area contributed by atoms with Crippen LogP contribution in [0.15, 0.2) is 48.5 Å². The van der Waals surface area contributed by atoms with Crippen molar-refractivity contribution in [3.8, 4) is 0 Å². The quantitative estimate of drug-likeness (QED) is 0.835. The number of benzene rings is 2. The van der Waals surface area contributed by atoms with Crippen molar-refractivity contribution in [2.75, 3.05) is 30.8 Å². The van der Waals surface area contributed by atoms with Gasteiger partial charge < -0.3 is 16.0 Å². The first-order valence-electron chi connectivity index (χ1n) is 6.67. The highest BCUT2D eigenvalue weighted by atomic mass is 35.5. The summed E-state index contributed by atoms with van der Waals surface area (Å²) in [6, 6.07) is 14.9. The van der Waals surface area contributed by atoms with E-state index in [0.29, 0.717) is 22.8 Å². The maximum atomic E-state index is 12.0. The summed E-state index contributed by atoms with van der Waals surface area (Å²) in [5.74, 6) is -0.154. The summed E-state index contributed by atoms with van der Waals surface area (Å²) in [6.07, 6.45) is 0. The van der Waals surface area contributed by atoms with E-state index in [9.17, 15) is 4.79 Å². The van der Waals surface area contributed by atoms with E-state index in [-0.39, 0.29) is 5.91 Å². The molecule has 0 aliphatic heterocycles. The Kier molecular flexibility index (Phi) is 5.06. The van der Waals surface area contributed by atoms with Crippen LogP contribution >= 0.6 is 11.6 Å². The number of carbonyl (C=O) groups is 1. The predicted octanol–water partition coefficient (Wildman–Crippen LogP) is 2.79. The molecule has 110 valence electrons. The molecule has 0 spiro atoms. The molecule has 0 heterocycles. The van der Waals surface area contributed by atoms with Gasteiger partial charge >= 0.3 is 0 Å². The van der Waals surface area contributed by atoms with Crippen LogP contribution < -0.4 is 16.0 Å². The minimum absolute atomic E-state index is 0.154. The molecule has 0 fully saturated rings. The van der Waals surface area contributed by atoms with Crippen molar-refractivity contribution in [2.45, 2.75) is 0 Å². The molecule has 4 nitrogen and oxygen atoms in total. The topological polar surface area (TPSA) is 58.4 Å². The van der Waals surface area contributed by atoms with Crippen LogP contribution in [-0.2, 0) is 0 Å². The first-order valence-corrected chi connectivity index (χ1v) is 7.05. The molecule has 0 unspecified atom stereocenters. The summed E-state index contributed by atoms with van der Waals surface area (Å²) in [5, 5.41) is 3.26. The Morgan fingerprint density at radius 2 is 1.95 bits per heavy atom. The normalized spacial score (nSPS) is 10.2. The molecule has 0 aliphatic rings. The first kappa shape index (κ1) is 15.2. The van der Waals surface area contributed by atoms with Gasteiger partial charge in [0.05, 0.1) is 10.7 Å². The van der Waals surface area contributed by atoms with Crippen molar-refractivity contribution < 1.29 is 4.79 Å². The summed E-state index contributed by atoms with van der Waals surface area (Å²) in [5.41, 5.74) is 7.72. The molecule has 21 heavy (non-hydrogen) atoms. The van der Waals surface area contributed by atoms with Gasteiger partial charge in [0.15, 0.2) is 0 Å². The molecule has 2 aromatic rings. The van der Waals surface area contributed by atoms with Crippen LogP contribution in [0.25, 0.3) is 0 Å². The molecule has 1 amide bonds. The maximum absolute atomic E-state index is 12.0. The molecule has 0 saturated heterocycles. The van der Waals surface area contributed by atoms with Gasteiger partial charge in [0.1, 0.15) is 0 Å². The lowest BCUT2D eigenvalue weighted by molar-refractivity contribution is 0.0955. The number of nitrogens with one attached hydrogen (secondary N) is 1. The Morgan fingerprint density at radius 1 is 1.24 bits per heavy atom. The number of hydrogen-bond donors (Lipinski definition) is 2. The number of hydrogen-bond acceptors (Lipinski definition) is 3. The molecule has 0 saturated carbocycles. The third-order valence-electron chi connectivity index (χ3n) is 3.19. The molecule has 0 atom stereocenters. The van der Waals surface area contributed by atoms with Gasteiger partial charge in [-0.25, -0.2) is 0 Å². The van der Waals surface area contributed by atoms with Crippen LogP contribution in [-0.4, -0.2) is 26.0 Å². The summed E-state index contributed by atoms with van der Waals surface area (Å²) in [4.78, 5) is 14.1. The van der Waals surface area contributed by atoms with E-state index in [1.165, 1.54) is 0 Å². The number of anilines is 2. The van der Waals surface area contributed by atoms with Gasteiger partial charge in [0, 0.05) is 31.4 Å². The fourth-order valence-corrected chi connectivity index (χ4v) is 2.10. The van der Waals surface area contributed by atoms with Gasteiger partial charge in [-0.05, 0) is 30.3 Å². The van der Waals surface area contributed by atoms with E-state index in [1.54, 1.807) is 18.2 Å². The Labute approximate surface area is 129 Å². The number of carbonyl (C=O) groups excluding carboxylic acids is 1. The highest BCUT2D eigenvalue weighted by molar-refractivity contribution is 6.33. The monoisotopic (exact) mass is 303 g/mol. The first-order chi connectivity index (χ1) is 10.1. The number of amides is 1. The molecule has 2 rings (SSSR count). The van der Waals surface area contributed by atoms with E-state index < -0.39 is 0 Å². The van der Waals surface area contributed by atoms with Crippen LogP contribution in [0.5, 0.6) is 0 Å². The third kappa shape index (κ3) is 4.13. The molecule has 0 aromatic heterocycles. The fraction of sp³-hybridized carbons (Fsp3) is 0.188. The van der Waals surface area contributed by atoms with Crippen molar-refractivity contribution in [1.82, 2.24) is 5.32 Å². The zero-order valence-electron chi connectivity index (χ0n) is 11.8. The second kappa shape index (κ2) is 6.99. The van der Waals surface area contributed by atoms with Crippen LogP contribution in [0, 0.1) is 0 Å². The van der Waals surface area contributed by atoms with Gasteiger partial charge in [-0.15, -0.1) is 0 Å². The summed E-state index contributed by atoms with van der Waals surface area (Å²) in [7, 11) is 1.99. The smallest absolute Gasteiger partial charge is 0.251 e. The van der Waals surface area contributed by atoms with E-state index in [4.69, 9.17) is 17.3 Å². The molecule has 5 heteroatoms. The molecule has 0 bridgehead atoms. The van der Waals surface area contributed by atoms with Gasteiger partial charge in [0.2, 0.25) is 0 Å². The maximum Gasteiger partial charge on any atom is 0.251 e. The standard InChI is InChI=1S/C16H18ClN3O/c1-20(13-5-3-2-4-6-13)10-9-19-16(21)12-7-8-15(18)14(17)11-12/h2-8,11H,9-10,18H2,1H3,(H,19,21). The Hall–Kier alpha value is -2.20. The molecule has 0 aliphatic carbocycles. The predicted molar refractivity (Wildman–Crippen MR) is 87.9 cm³/mol. The van der Waals surface area contributed by atoms with E-state index in [1.807, 2.05) is 37.4 Å². The molecular formula is C16H18ClN3O. The van der Waals surface area contributed by atoms with Gasteiger partial charge in [-0.2, -0.15) is 0 Å². The number of rotatable bonds is 5. The molecule has 2 aromatic carbocycles. The second-order valence-corrected chi connectivity index (χ2v) is 5.16. The van der Waals surface area contributed by atoms with Crippen molar-refractivity contribution in [1.29, 1.82) is 0 Å². The van der Waals surface area contributed by atoms with Crippen LogP contribution in [0.4, 0.5) is 11.4 Å².